The molecule has 5 heteroatoms. The van der Waals surface area contributed by atoms with Crippen LogP contribution in [0.3, 0.4) is 0 Å². The molecule has 0 heterocycles. The zero-order valence-corrected chi connectivity index (χ0v) is 8.11. The highest BCUT2D eigenvalue weighted by atomic mass is 35.5. The summed E-state index contributed by atoms with van der Waals surface area (Å²) in [7, 11) is 0. The van der Waals surface area contributed by atoms with E-state index in [1.165, 1.54) is 13.0 Å². The summed E-state index contributed by atoms with van der Waals surface area (Å²) in [6.45, 7) is 1.17. The van der Waals surface area contributed by atoms with E-state index >= 15 is 0 Å². The van der Waals surface area contributed by atoms with E-state index in [-0.39, 0.29) is 21.8 Å². The molecule has 0 aliphatic rings. The normalized spacial score (nSPS) is 10.6. The molecule has 0 saturated carbocycles. The van der Waals surface area contributed by atoms with Gasteiger partial charge in [-0.1, -0.05) is 17.7 Å². The minimum Gasteiger partial charge on any atom is -0.397 e. The lowest BCUT2D eigenvalue weighted by molar-refractivity contribution is 0.1000. The average molecular weight is 220 g/mol. The molecule has 76 valence electrons. The van der Waals surface area contributed by atoms with Gasteiger partial charge in [0.25, 0.3) is 6.43 Å². The van der Waals surface area contributed by atoms with Crippen LogP contribution in [0.2, 0.25) is 5.02 Å². The van der Waals surface area contributed by atoms with Crippen molar-refractivity contribution in [2.75, 3.05) is 5.73 Å². The summed E-state index contributed by atoms with van der Waals surface area (Å²) < 4.78 is 24.9. The third kappa shape index (κ3) is 1.85. The molecule has 1 aromatic carbocycles. The number of hydrogen-bond donors (Lipinski definition) is 1. The predicted molar refractivity (Wildman–Crippen MR) is 50.8 cm³/mol. The van der Waals surface area contributed by atoms with E-state index in [2.05, 4.69) is 0 Å². The van der Waals surface area contributed by atoms with Crippen LogP contribution in [0.25, 0.3) is 0 Å². The van der Waals surface area contributed by atoms with Gasteiger partial charge in [0, 0.05) is 5.56 Å². The number of nitrogen functional groups attached to an aromatic ring is 1. The Morgan fingerprint density at radius 1 is 1.50 bits per heavy atom. The fraction of sp³-hybridized carbons (Fsp3) is 0.222. The van der Waals surface area contributed by atoms with Crippen molar-refractivity contribution in [3.05, 3.63) is 28.3 Å². The highest BCUT2D eigenvalue weighted by Gasteiger charge is 2.19. The van der Waals surface area contributed by atoms with Crippen LogP contribution in [-0.4, -0.2) is 5.78 Å². The fourth-order valence-corrected chi connectivity index (χ4v) is 1.34. The van der Waals surface area contributed by atoms with Crippen LogP contribution in [0, 0.1) is 0 Å². The van der Waals surface area contributed by atoms with E-state index in [0.717, 1.165) is 6.07 Å². The minimum atomic E-state index is -2.73. The van der Waals surface area contributed by atoms with Crippen molar-refractivity contribution in [1.82, 2.24) is 0 Å². The summed E-state index contributed by atoms with van der Waals surface area (Å²) in [5.41, 5.74) is 4.79. The monoisotopic (exact) mass is 219 g/mol. The van der Waals surface area contributed by atoms with Gasteiger partial charge in [-0.05, 0) is 13.0 Å². The lowest BCUT2D eigenvalue weighted by atomic mass is 10.0. The summed E-state index contributed by atoms with van der Waals surface area (Å²) in [5, 5.41) is 0.111. The van der Waals surface area contributed by atoms with Crippen molar-refractivity contribution in [2.45, 2.75) is 13.3 Å². The second kappa shape index (κ2) is 3.92. The second-order valence-corrected chi connectivity index (χ2v) is 3.19. The van der Waals surface area contributed by atoms with Crippen LogP contribution >= 0.6 is 11.6 Å². The molecule has 0 aliphatic carbocycles. The van der Waals surface area contributed by atoms with Gasteiger partial charge in [0.1, 0.15) is 0 Å². The van der Waals surface area contributed by atoms with E-state index in [4.69, 9.17) is 17.3 Å². The molecule has 0 saturated heterocycles. The maximum atomic E-state index is 12.4. The van der Waals surface area contributed by atoms with Gasteiger partial charge in [0.05, 0.1) is 16.3 Å². The molecular weight excluding hydrogens is 212 g/mol. The Labute approximate surface area is 84.7 Å². The number of halogens is 3. The van der Waals surface area contributed by atoms with Gasteiger partial charge in [-0.25, -0.2) is 8.78 Å². The van der Waals surface area contributed by atoms with E-state index in [9.17, 15) is 13.6 Å². The lowest BCUT2D eigenvalue weighted by Crippen LogP contribution is -2.05. The van der Waals surface area contributed by atoms with Gasteiger partial charge in [0.15, 0.2) is 5.78 Å². The molecule has 0 fully saturated rings. The van der Waals surface area contributed by atoms with Gasteiger partial charge in [0.2, 0.25) is 0 Å². The maximum absolute atomic E-state index is 12.4. The zero-order valence-electron chi connectivity index (χ0n) is 7.35. The topological polar surface area (TPSA) is 43.1 Å². The molecule has 0 unspecified atom stereocenters. The highest BCUT2D eigenvalue weighted by molar-refractivity contribution is 6.34. The molecule has 1 aromatic rings. The molecule has 14 heavy (non-hydrogen) atoms. The molecular formula is C9H8ClF2NO. The average Bonchev–Trinajstić information content (AvgIpc) is 2.08. The molecule has 2 N–H and O–H groups in total. The summed E-state index contributed by atoms with van der Waals surface area (Å²) in [5.74, 6) is -0.514. The first-order valence-corrected chi connectivity index (χ1v) is 4.20. The molecule has 2 nitrogen and oxygen atoms in total. The van der Waals surface area contributed by atoms with Crippen LogP contribution < -0.4 is 5.73 Å². The number of ketones is 1. The number of carbonyl (C=O) groups excluding carboxylic acids is 1. The third-order valence-electron chi connectivity index (χ3n) is 1.81. The molecule has 0 aromatic heterocycles. The van der Waals surface area contributed by atoms with Crippen molar-refractivity contribution in [3.8, 4) is 0 Å². The highest BCUT2D eigenvalue weighted by Crippen LogP contribution is 2.32. The summed E-state index contributed by atoms with van der Waals surface area (Å²) in [4.78, 5) is 11.1. The lowest BCUT2D eigenvalue weighted by Gasteiger charge is -2.09. The first-order chi connectivity index (χ1) is 6.45. The quantitative estimate of drug-likeness (QED) is 0.614. The number of rotatable bonds is 2. The van der Waals surface area contributed by atoms with Gasteiger partial charge in [-0.2, -0.15) is 0 Å². The molecule has 0 amide bonds. The third-order valence-corrected chi connectivity index (χ3v) is 2.14. The van der Waals surface area contributed by atoms with Crippen LogP contribution in [-0.2, 0) is 0 Å². The number of Topliss-reactive ketones (excluding diaryl/α,β-unsaturated/α-hetero) is 1. The van der Waals surface area contributed by atoms with Gasteiger partial charge < -0.3 is 5.73 Å². The van der Waals surface area contributed by atoms with Crippen molar-refractivity contribution in [1.29, 1.82) is 0 Å². The first-order valence-electron chi connectivity index (χ1n) is 3.82. The molecule has 0 bridgehead atoms. The van der Waals surface area contributed by atoms with Gasteiger partial charge >= 0.3 is 0 Å². The van der Waals surface area contributed by atoms with Crippen LogP contribution in [0.15, 0.2) is 12.1 Å². The minimum absolute atomic E-state index is 0.0861. The smallest absolute Gasteiger partial charge is 0.264 e. The van der Waals surface area contributed by atoms with E-state index in [1.54, 1.807) is 0 Å². The Kier molecular flexibility index (Phi) is 3.06. The zero-order chi connectivity index (χ0) is 10.9. The Morgan fingerprint density at radius 2 is 2.07 bits per heavy atom. The number of benzene rings is 1. The predicted octanol–water partition coefficient (Wildman–Crippen LogP) is 3.06. The Morgan fingerprint density at radius 3 is 2.50 bits per heavy atom. The number of anilines is 1. The van der Waals surface area contributed by atoms with Crippen LogP contribution in [0.5, 0.6) is 0 Å². The second-order valence-electron chi connectivity index (χ2n) is 2.78. The largest absolute Gasteiger partial charge is 0.397 e. The van der Waals surface area contributed by atoms with Gasteiger partial charge in [-0.3, -0.25) is 4.79 Å². The standard InChI is InChI=1S/C9H8ClF2NO/c1-4(14)7-5(9(11)12)2-3-6(10)8(7)13/h2-3,9H,13H2,1H3. The molecule has 0 aliphatic heterocycles. The first kappa shape index (κ1) is 10.9. The Balaban J connectivity index is 3.45. The Hall–Kier alpha value is -1.16. The summed E-state index contributed by atoms with van der Waals surface area (Å²) in [6, 6.07) is 2.37. The van der Waals surface area contributed by atoms with Gasteiger partial charge in [-0.15, -0.1) is 0 Å². The molecule has 0 spiro atoms. The van der Waals surface area contributed by atoms with E-state index in [0.29, 0.717) is 0 Å². The number of carbonyl (C=O) groups is 1. The molecule has 0 atom stereocenters. The van der Waals surface area contributed by atoms with E-state index in [1.807, 2.05) is 0 Å². The molecule has 1 rings (SSSR count). The number of hydrogen-bond acceptors (Lipinski definition) is 2. The molecule has 0 radical (unpaired) electrons. The summed E-state index contributed by atoms with van der Waals surface area (Å²) >= 11 is 5.61. The van der Waals surface area contributed by atoms with Crippen molar-refractivity contribution in [3.63, 3.8) is 0 Å². The van der Waals surface area contributed by atoms with Crippen molar-refractivity contribution >= 4 is 23.1 Å². The summed E-state index contributed by atoms with van der Waals surface area (Å²) in [6.07, 6.45) is -2.73. The van der Waals surface area contributed by atoms with Crippen LogP contribution in [0.4, 0.5) is 14.5 Å². The van der Waals surface area contributed by atoms with Crippen LogP contribution in [0.1, 0.15) is 29.3 Å². The SMILES string of the molecule is CC(=O)c1c(C(F)F)ccc(Cl)c1N. The Bertz CT molecular complexity index is 379. The number of alkyl halides is 2. The van der Waals surface area contributed by atoms with Crippen molar-refractivity contribution in [2.24, 2.45) is 0 Å². The van der Waals surface area contributed by atoms with Crippen molar-refractivity contribution < 1.29 is 13.6 Å². The fourth-order valence-electron chi connectivity index (χ4n) is 1.19. The van der Waals surface area contributed by atoms with E-state index < -0.39 is 12.2 Å². The maximum Gasteiger partial charge on any atom is 0.264 e. The number of nitrogens with two attached hydrogens (primary N) is 1.